The van der Waals surface area contributed by atoms with E-state index in [1.54, 1.807) is 6.20 Å². The van der Waals surface area contributed by atoms with Crippen LogP contribution in [0.5, 0.6) is 0 Å². The van der Waals surface area contributed by atoms with E-state index >= 15 is 0 Å². The van der Waals surface area contributed by atoms with Crippen molar-refractivity contribution in [3.63, 3.8) is 0 Å². The van der Waals surface area contributed by atoms with Crippen LogP contribution >= 0.6 is 0 Å². The number of anilines is 1. The molecular weight excluding hydrogens is 294 g/mol. The van der Waals surface area contributed by atoms with Gasteiger partial charge in [-0.1, -0.05) is 6.92 Å². The third-order valence-electron chi connectivity index (χ3n) is 4.69. The van der Waals surface area contributed by atoms with E-state index in [2.05, 4.69) is 37.4 Å². The van der Waals surface area contributed by atoms with Crippen molar-refractivity contribution >= 4 is 11.7 Å². The van der Waals surface area contributed by atoms with Crippen LogP contribution in [0.2, 0.25) is 0 Å². The van der Waals surface area contributed by atoms with Gasteiger partial charge in [0.05, 0.1) is 0 Å². The Bertz CT molecular complexity index is 676. The number of aromatic amines is 1. The van der Waals surface area contributed by atoms with E-state index in [1.807, 2.05) is 17.0 Å². The first-order valence-electron chi connectivity index (χ1n) is 7.96. The molecule has 0 unspecified atom stereocenters. The quantitative estimate of drug-likeness (QED) is 0.890. The number of carbonyl (C=O) groups excluding carboxylic acids is 1. The third-order valence-corrected chi connectivity index (χ3v) is 4.69. The van der Waals surface area contributed by atoms with E-state index in [1.165, 1.54) is 0 Å². The molecule has 8 heteroatoms. The van der Waals surface area contributed by atoms with Crippen molar-refractivity contribution in [3.05, 3.63) is 18.3 Å². The molecule has 1 aliphatic heterocycles. The van der Waals surface area contributed by atoms with Crippen LogP contribution in [0, 0.1) is 11.8 Å². The molecule has 1 N–H and O–H groups in total. The van der Waals surface area contributed by atoms with E-state index in [-0.39, 0.29) is 5.92 Å². The molecule has 2 aromatic rings. The highest BCUT2D eigenvalue weighted by Gasteiger charge is 2.41. The molecule has 0 bridgehead atoms. The molecule has 2 aliphatic rings. The molecule has 2 aromatic heterocycles. The van der Waals surface area contributed by atoms with Gasteiger partial charge >= 0.3 is 0 Å². The maximum absolute atomic E-state index is 12.3. The summed E-state index contributed by atoms with van der Waals surface area (Å²) in [7, 11) is 0. The Morgan fingerprint density at radius 3 is 2.61 bits per heavy atom. The van der Waals surface area contributed by atoms with Gasteiger partial charge in [0, 0.05) is 43.9 Å². The molecule has 0 aromatic carbocycles. The highest BCUT2D eigenvalue weighted by molar-refractivity contribution is 5.81. The summed E-state index contributed by atoms with van der Waals surface area (Å²) in [5, 5.41) is 13.9. The van der Waals surface area contributed by atoms with Gasteiger partial charge in [-0.2, -0.15) is 5.21 Å². The number of nitrogens with one attached hydrogen (secondary N) is 1. The molecule has 4 rings (SSSR count). The number of amides is 1. The summed E-state index contributed by atoms with van der Waals surface area (Å²) in [5.41, 5.74) is 0.832. The Labute approximate surface area is 133 Å². The molecule has 1 amide bonds. The van der Waals surface area contributed by atoms with E-state index in [0.29, 0.717) is 17.6 Å². The SMILES string of the molecule is C[C@@H]1C[C@H]1C(=O)N1CCN(c2ccc(-c3nn[nH]n3)cn2)CC1. The van der Waals surface area contributed by atoms with E-state index in [4.69, 9.17) is 0 Å². The summed E-state index contributed by atoms with van der Waals surface area (Å²) in [5.74, 6) is 2.63. The first-order valence-corrected chi connectivity index (χ1v) is 7.96. The van der Waals surface area contributed by atoms with Gasteiger partial charge in [0.25, 0.3) is 0 Å². The summed E-state index contributed by atoms with van der Waals surface area (Å²) in [6.45, 7) is 5.34. The highest BCUT2D eigenvalue weighted by atomic mass is 16.2. The average Bonchev–Trinajstić information content (AvgIpc) is 3.10. The van der Waals surface area contributed by atoms with E-state index in [0.717, 1.165) is 44.0 Å². The minimum Gasteiger partial charge on any atom is -0.353 e. The number of piperazine rings is 1. The minimum atomic E-state index is 0.272. The van der Waals surface area contributed by atoms with Crippen molar-refractivity contribution in [2.75, 3.05) is 31.1 Å². The van der Waals surface area contributed by atoms with Crippen molar-refractivity contribution in [2.24, 2.45) is 11.8 Å². The number of H-pyrrole nitrogens is 1. The fourth-order valence-corrected chi connectivity index (χ4v) is 3.05. The van der Waals surface area contributed by atoms with Crippen LogP contribution in [0.25, 0.3) is 11.4 Å². The summed E-state index contributed by atoms with van der Waals surface area (Å²) in [6.07, 6.45) is 2.81. The lowest BCUT2D eigenvalue weighted by Crippen LogP contribution is -2.49. The van der Waals surface area contributed by atoms with Crippen molar-refractivity contribution in [1.82, 2.24) is 30.5 Å². The maximum atomic E-state index is 12.3. The summed E-state index contributed by atoms with van der Waals surface area (Å²) < 4.78 is 0. The van der Waals surface area contributed by atoms with E-state index in [9.17, 15) is 4.79 Å². The summed E-state index contributed by atoms with van der Waals surface area (Å²) in [6, 6.07) is 3.91. The highest BCUT2D eigenvalue weighted by Crippen LogP contribution is 2.39. The molecule has 23 heavy (non-hydrogen) atoms. The Morgan fingerprint density at radius 1 is 1.26 bits per heavy atom. The zero-order chi connectivity index (χ0) is 15.8. The third kappa shape index (κ3) is 2.76. The summed E-state index contributed by atoms with van der Waals surface area (Å²) in [4.78, 5) is 21.0. The van der Waals surface area contributed by atoms with Crippen LogP contribution in [0.4, 0.5) is 5.82 Å². The first-order chi connectivity index (χ1) is 11.2. The lowest BCUT2D eigenvalue weighted by Gasteiger charge is -2.35. The van der Waals surface area contributed by atoms with Crippen molar-refractivity contribution in [2.45, 2.75) is 13.3 Å². The zero-order valence-corrected chi connectivity index (χ0v) is 13.0. The minimum absolute atomic E-state index is 0.272. The van der Waals surface area contributed by atoms with Crippen molar-refractivity contribution in [1.29, 1.82) is 0 Å². The van der Waals surface area contributed by atoms with E-state index < -0.39 is 0 Å². The Kier molecular flexibility index (Phi) is 3.44. The molecule has 2 fully saturated rings. The van der Waals surface area contributed by atoms with Crippen molar-refractivity contribution in [3.8, 4) is 11.4 Å². The predicted octanol–water partition coefficient (Wildman–Crippen LogP) is 0.566. The Morgan fingerprint density at radius 2 is 2.04 bits per heavy atom. The summed E-state index contributed by atoms with van der Waals surface area (Å²) >= 11 is 0. The van der Waals surface area contributed by atoms with Gasteiger partial charge in [0.1, 0.15) is 5.82 Å². The Balaban J connectivity index is 1.37. The lowest BCUT2D eigenvalue weighted by molar-refractivity contribution is -0.133. The number of carbonyl (C=O) groups is 1. The number of aromatic nitrogens is 5. The molecule has 0 radical (unpaired) electrons. The second kappa shape index (κ2) is 5.60. The van der Waals surface area contributed by atoms with Crippen LogP contribution in [0.1, 0.15) is 13.3 Å². The van der Waals surface area contributed by atoms with Crippen LogP contribution in [-0.2, 0) is 4.79 Å². The number of hydrogen-bond donors (Lipinski definition) is 1. The largest absolute Gasteiger partial charge is 0.353 e. The fraction of sp³-hybridized carbons (Fsp3) is 0.533. The monoisotopic (exact) mass is 313 g/mol. The average molecular weight is 313 g/mol. The molecule has 1 saturated carbocycles. The number of tetrazole rings is 1. The van der Waals surface area contributed by atoms with Gasteiger partial charge < -0.3 is 9.80 Å². The molecule has 3 heterocycles. The van der Waals surface area contributed by atoms with Gasteiger partial charge in [-0.25, -0.2) is 4.98 Å². The number of rotatable bonds is 3. The predicted molar refractivity (Wildman–Crippen MR) is 83.5 cm³/mol. The molecule has 2 atom stereocenters. The topological polar surface area (TPSA) is 90.9 Å². The van der Waals surface area contributed by atoms with Gasteiger partial charge in [0.15, 0.2) is 0 Å². The number of hydrogen-bond acceptors (Lipinski definition) is 6. The zero-order valence-electron chi connectivity index (χ0n) is 13.0. The van der Waals surface area contributed by atoms with Crippen LogP contribution in [0.15, 0.2) is 18.3 Å². The Hall–Kier alpha value is -2.51. The van der Waals surface area contributed by atoms with Crippen LogP contribution in [0.3, 0.4) is 0 Å². The lowest BCUT2D eigenvalue weighted by atomic mass is 10.2. The van der Waals surface area contributed by atoms with Crippen LogP contribution in [-0.4, -0.2) is 62.6 Å². The van der Waals surface area contributed by atoms with Gasteiger partial charge in [-0.05, 0) is 29.7 Å². The standard InChI is InChI=1S/C15H19N7O/c1-10-8-12(10)15(23)22-6-4-21(5-7-22)13-3-2-11(9-16-13)14-17-19-20-18-14/h2-3,9-10,12H,4-8H2,1H3,(H,17,18,19,20)/t10-,12-/m1/s1. The van der Waals surface area contributed by atoms with Crippen LogP contribution < -0.4 is 4.90 Å². The van der Waals surface area contributed by atoms with Crippen molar-refractivity contribution < 1.29 is 4.79 Å². The molecule has 0 spiro atoms. The molecule has 120 valence electrons. The normalized spacial score (nSPS) is 23.9. The maximum Gasteiger partial charge on any atom is 0.226 e. The first kappa shape index (κ1) is 14.1. The van der Waals surface area contributed by atoms with Gasteiger partial charge in [0.2, 0.25) is 11.7 Å². The molecule has 1 aliphatic carbocycles. The van der Waals surface area contributed by atoms with Gasteiger partial charge in [-0.3, -0.25) is 4.79 Å². The second-order valence-electron chi connectivity index (χ2n) is 6.27. The molecule has 1 saturated heterocycles. The molecular formula is C15H19N7O. The smallest absolute Gasteiger partial charge is 0.226 e. The molecule has 8 nitrogen and oxygen atoms in total. The van der Waals surface area contributed by atoms with Gasteiger partial charge in [-0.15, -0.1) is 10.2 Å². The second-order valence-corrected chi connectivity index (χ2v) is 6.27. The number of nitrogens with zero attached hydrogens (tertiary/aromatic N) is 6. The number of pyridine rings is 1. The fourth-order valence-electron chi connectivity index (χ4n) is 3.05.